The molecule has 1 saturated heterocycles. The number of aromatic carboxylic acids is 1. The lowest BCUT2D eigenvalue weighted by Gasteiger charge is -2.35. The molecule has 0 unspecified atom stereocenters. The van der Waals surface area contributed by atoms with Crippen molar-refractivity contribution in [2.75, 3.05) is 42.9 Å². The molecule has 6 N–H and O–H groups in total. The lowest BCUT2D eigenvalue weighted by molar-refractivity contribution is -0.130. The van der Waals surface area contributed by atoms with Gasteiger partial charge in [0.1, 0.15) is 18.0 Å². The van der Waals surface area contributed by atoms with Crippen LogP contribution in [0.15, 0.2) is 47.4 Å². The van der Waals surface area contributed by atoms with Crippen molar-refractivity contribution in [1.29, 1.82) is 0 Å². The molecule has 4 rings (SSSR count). The highest BCUT2D eigenvalue weighted by molar-refractivity contribution is 7.59. The van der Waals surface area contributed by atoms with Crippen LogP contribution in [0.4, 0.5) is 25.4 Å². The van der Waals surface area contributed by atoms with E-state index in [0.29, 0.717) is 29.7 Å². The third-order valence-electron chi connectivity index (χ3n) is 9.40. The van der Waals surface area contributed by atoms with Gasteiger partial charge in [-0.15, -0.1) is 0 Å². The van der Waals surface area contributed by atoms with Crippen LogP contribution in [-0.2, 0) is 32.3 Å². The smallest absolute Gasteiger partial charge is 0.410 e. The van der Waals surface area contributed by atoms with Crippen molar-refractivity contribution in [2.45, 2.75) is 66.2 Å². The SMILES string of the molecule is CCn1cc(C(=O)O)c(=O)c2cc(F)c(N3CCN(C(=O)OCc4ccc(NC(=O)[C@H](CCCNC(N)=O)CC(=O)[C@@H](NC(C)=O)C(C)C)cc4)CC3)cc21.S.S. The Morgan fingerprint density at radius 2 is 1.65 bits per heavy atom. The molecule has 0 radical (unpaired) electrons. The molecule has 16 nitrogen and oxygen atoms in total. The van der Waals surface area contributed by atoms with Gasteiger partial charge in [-0.25, -0.2) is 18.8 Å². The number of hydrogen-bond acceptors (Lipinski definition) is 9. The van der Waals surface area contributed by atoms with Crippen LogP contribution in [0, 0.1) is 17.7 Å². The summed E-state index contributed by atoms with van der Waals surface area (Å²) in [5.41, 5.74) is 5.68. The number of fused-ring (bicyclic) bond motifs is 1. The molecule has 0 bridgehead atoms. The normalized spacial score (nSPS) is 13.4. The van der Waals surface area contributed by atoms with Crippen LogP contribution in [0.3, 0.4) is 0 Å². The zero-order valence-electron chi connectivity index (χ0n) is 32.4. The number of nitrogens with two attached hydrogens (primary N) is 1. The number of anilines is 2. The summed E-state index contributed by atoms with van der Waals surface area (Å²) in [6, 6.07) is 7.78. The Morgan fingerprint density at radius 1 is 1.00 bits per heavy atom. The van der Waals surface area contributed by atoms with E-state index in [9.17, 15) is 38.7 Å². The highest BCUT2D eigenvalue weighted by atomic mass is 32.1. The fraction of sp³-hybridized carbons (Fsp3) is 0.447. The molecule has 2 heterocycles. The van der Waals surface area contributed by atoms with Gasteiger partial charge in [-0.05, 0) is 55.5 Å². The number of carboxylic acids is 1. The molecule has 0 saturated carbocycles. The number of urea groups is 1. The Balaban J connectivity index is 0.00000561. The monoisotopic (exact) mass is 833 g/mol. The number of carbonyl (C=O) groups excluding carboxylic acids is 5. The van der Waals surface area contributed by atoms with Gasteiger partial charge in [0.15, 0.2) is 5.78 Å². The van der Waals surface area contributed by atoms with Crippen molar-refractivity contribution >= 4 is 85.0 Å². The number of carbonyl (C=O) groups is 6. The van der Waals surface area contributed by atoms with E-state index >= 15 is 4.39 Å². The Kier molecular flexibility index (Phi) is 18.3. The van der Waals surface area contributed by atoms with E-state index in [2.05, 4.69) is 16.0 Å². The number of primary amides is 1. The van der Waals surface area contributed by atoms with Gasteiger partial charge in [-0.1, -0.05) is 26.0 Å². The summed E-state index contributed by atoms with van der Waals surface area (Å²) in [6.07, 6.45) is 1.23. The second-order valence-electron chi connectivity index (χ2n) is 13.7. The topological polar surface area (TPSA) is 222 Å². The van der Waals surface area contributed by atoms with Crippen molar-refractivity contribution in [1.82, 2.24) is 20.1 Å². The molecule has 1 aliphatic rings. The quantitative estimate of drug-likeness (QED) is 0.132. The lowest BCUT2D eigenvalue weighted by atomic mass is 9.89. The van der Waals surface area contributed by atoms with E-state index in [1.54, 1.807) is 54.5 Å². The third kappa shape index (κ3) is 12.9. The van der Waals surface area contributed by atoms with Gasteiger partial charge >= 0.3 is 18.1 Å². The highest BCUT2D eigenvalue weighted by Gasteiger charge is 2.29. The summed E-state index contributed by atoms with van der Waals surface area (Å²) in [7, 11) is 0. The molecule has 3 aromatic rings. The van der Waals surface area contributed by atoms with E-state index in [1.165, 1.54) is 24.1 Å². The minimum atomic E-state index is -1.39. The number of carboxylic acid groups (broad SMARTS) is 1. The number of ketones is 1. The number of rotatable bonds is 16. The van der Waals surface area contributed by atoms with Crippen molar-refractivity contribution < 1.29 is 43.0 Å². The number of halogens is 1. The molecule has 1 aromatic heterocycles. The first-order valence-corrected chi connectivity index (χ1v) is 18.1. The molecule has 19 heteroatoms. The lowest BCUT2D eigenvalue weighted by Crippen LogP contribution is -2.49. The number of hydrogen-bond donors (Lipinski definition) is 5. The summed E-state index contributed by atoms with van der Waals surface area (Å²) in [5, 5.41) is 17.3. The summed E-state index contributed by atoms with van der Waals surface area (Å²) in [5.74, 6) is -4.04. The molecular weight excluding hydrogens is 782 g/mol. The van der Waals surface area contributed by atoms with Gasteiger partial charge < -0.3 is 45.9 Å². The molecule has 0 aliphatic carbocycles. The molecule has 0 spiro atoms. The maximum absolute atomic E-state index is 15.3. The summed E-state index contributed by atoms with van der Waals surface area (Å²) in [4.78, 5) is 89.7. The first-order valence-electron chi connectivity index (χ1n) is 18.1. The summed E-state index contributed by atoms with van der Waals surface area (Å²) in [6.45, 7) is 8.30. The van der Waals surface area contributed by atoms with Gasteiger partial charge in [-0.2, -0.15) is 27.0 Å². The number of Topliss-reactive ketones (excluding diaryl/α,β-unsaturated/α-hetero) is 1. The number of nitrogens with one attached hydrogen (secondary N) is 3. The average molecular weight is 834 g/mol. The molecule has 5 amide bonds. The van der Waals surface area contributed by atoms with E-state index in [4.69, 9.17) is 10.5 Å². The van der Waals surface area contributed by atoms with E-state index in [0.717, 1.165) is 6.07 Å². The first-order chi connectivity index (χ1) is 26.1. The Morgan fingerprint density at radius 3 is 2.21 bits per heavy atom. The largest absolute Gasteiger partial charge is 0.477 e. The van der Waals surface area contributed by atoms with Crippen molar-refractivity contribution in [3.63, 3.8) is 0 Å². The van der Waals surface area contributed by atoms with Crippen molar-refractivity contribution in [3.8, 4) is 0 Å². The Hall–Kier alpha value is -5.30. The molecule has 1 fully saturated rings. The number of benzene rings is 2. The fourth-order valence-electron chi connectivity index (χ4n) is 6.44. The zero-order valence-corrected chi connectivity index (χ0v) is 34.4. The third-order valence-corrected chi connectivity index (χ3v) is 9.40. The molecular formula is C38H52FN7O9S2. The van der Waals surface area contributed by atoms with Gasteiger partial charge in [0, 0.05) is 75.8 Å². The van der Waals surface area contributed by atoms with Gasteiger partial charge in [0.05, 0.1) is 17.2 Å². The van der Waals surface area contributed by atoms with Crippen molar-refractivity contribution in [2.24, 2.45) is 17.6 Å². The van der Waals surface area contributed by atoms with E-state index in [-0.39, 0.29) is 108 Å². The zero-order chi connectivity index (χ0) is 40.4. The van der Waals surface area contributed by atoms with Crippen LogP contribution in [0.25, 0.3) is 10.9 Å². The second kappa shape index (κ2) is 21.9. The molecule has 2 atom stereocenters. The fourth-order valence-corrected chi connectivity index (χ4v) is 6.44. The minimum Gasteiger partial charge on any atom is -0.477 e. The summed E-state index contributed by atoms with van der Waals surface area (Å²) < 4.78 is 22.4. The Bertz CT molecular complexity index is 1990. The van der Waals surface area contributed by atoms with E-state index < -0.39 is 52.8 Å². The average Bonchev–Trinajstić information content (AvgIpc) is 3.14. The predicted octanol–water partition coefficient (Wildman–Crippen LogP) is 3.67. The highest BCUT2D eigenvalue weighted by Crippen LogP contribution is 2.27. The van der Waals surface area contributed by atoms with Gasteiger partial charge in [0.25, 0.3) is 0 Å². The predicted molar refractivity (Wildman–Crippen MR) is 223 cm³/mol. The maximum Gasteiger partial charge on any atom is 0.410 e. The van der Waals surface area contributed by atoms with Crippen LogP contribution in [0.5, 0.6) is 0 Å². The van der Waals surface area contributed by atoms with Gasteiger partial charge in [-0.3, -0.25) is 19.2 Å². The standard InChI is InChI=1S/C38H48FN7O9.2H2S/c1-5-44-20-28(36(51)52)34(49)27-18-29(39)31(19-30(27)44)45-13-15-46(16-14-45)38(54)55-21-24-8-10-26(11-9-24)43-35(50)25(7-6-12-41-37(40)53)17-32(48)33(22(2)3)42-23(4)47;;/h8-11,18-20,22,25,33H,5-7,12-17,21H2,1-4H3,(H,42,47)(H,43,50)(H,51,52)(H3,40,41,53);2*1H2/t25-,33+;;/m1../s1. The molecule has 2 aromatic carbocycles. The molecule has 1 aliphatic heterocycles. The number of aromatic nitrogens is 1. The van der Waals surface area contributed by atoms with Crippen LogP contribution in [-0.4, -0.2) is 89.0 Å². The number of ether oxygens (including phenoxy) is 1. The number of nitrogens with zero attached hydrogens (tertiary/aromatic N) is 3. The molecule has 57 heavy (non-hydrogen) atoms. The second-order valence-corrected chi connectivity index (χ2v) is 13.7. The molecule has 312 valence electrons. The van der Waals surface area contributed by atoms with E-state index in [1.807, 2.05) is 0 Å². The van der Waals surface area contributed by atoms with Crippen LogP contribution >= 0.6 is 27.0 Å². The maximum atomic E-state index is 15.3. The number of aryl methyl sites for hydroxylation is 1. The number of piperazine rings is 1. The summed E-state index contributed by atoms with van der Waals surface area (Å²) >= 11 is 0. The first kappa shape index (κ1) is 47.9. The van der Waals surface area contributed by atoms with Crippen LogP contribution in [0.1, 0.15) is 62.9 Å². The van der Waals surface area contributed by atoms with Crippen LogP contribution < -0.4 is 32.0 Å². The van der Waals surface area contributed by atoms with Crippen molar-refractivity contribution in [3.05, 3.63) is 69.8 Å². The van der Waals surface area contributed by atoms with Crippen LogP contribution in [0.2, 0.25) is 0 Å². The number of pyridine rings is 1. The van der Waals surface area contributed by atoms with Gasteiger partial charge in [0.2, 0.25) is 17.2 Å². The Labute approximate surface area is 343 Å². The number of amides is 5. The minimum absolute atomic E-state index is 0.